The minimum atomic E-state index is -0.366. The van der Waals surface area contributed by atoms with Gasteiger partial charge in [0.1, 0.15) is 0 Å². The first-order valence-electron chi connectivity index (χ1n) is 6.08. The molecule has 0 radical (unpaired) electrons. The lowest BCUT2D eigenvalue weighted by atomic mass is 10.1. The van der Waals surface area contributed by atoms with Crippen LogP contribution in [0.1, 0.15) is 22.8 Å². The van der Waals surface area contributed by atoms with Crippen LogP contribution in [0.2, 0.25) is 0 Å². The van der Waals surface area contributed by atoms with E-state index >= 15 is 0 Å². The van der Waals surface area contributed by atoms with Crippen molar-refractivity contribution in [2.24, 2.45) is 0 Å². The third-order valence-electron chi connectivity index (χ3n) is 2.50. The van der Waals surface area contributed by atoms with Crippen LogP contribution in [0.3, 0.4) is 0 Å². The van der Waals surface area contributed by atoms with Gasteiger partial charge in [-0.25, -0.2) is 4.79 Å². The number of ether oxygens (including phenoxy) is 2. The standard InChI is InChI=1S/C14H19NO4/c1-4-19-13(16)10-15(2)9-11-6-5-7-12(8-11)14(17)18-3/h5-8H,4,9-10H2,1-3H3. The Bertz CT molecular complexity index is 445. The second kappa shape index (κ2) is 7.53. The van der Waals surface area contributed by atoms with Crippen LogP contribution in [0.15, 0.2) is 24.3 Å². The van der Waals surface area contributed by atoms with Crippen LogP contribution in [-0.2, 0) is 20.8 Å². The van der Waals surface area contributed by atoms with Crippen molar-refractivity contribution in [2.75, 3.05) is 27.3 Å². The number of rotatable bonds is 6. The summed E-state index contributed by atoms with van der Waals surface area (Å²) in [6.45, 7) is 2.93. The Morgan fingerprint density at radius 1 is 1.32 bits per heavy atom. The van der Waals surface area contributed by atoms with Crippen molar-refractivity contribution < 1.29 is 19.1 Å². The predicted octanol–water partition coefficient (Wildman–Crippen LogP) is 1.47. The smallest absolute Gasteiger partial charge is 0.337 e. The molecule has 0 fully saturated rings. The molecule has 1 rings (SSSR count). The van der Waals surface area contributed by atoms with Crippen LogP contribution < -0.4 is 0 Å². The van der Waals surface area contributed by atoms with Gasteiger partial charge < -0.3 is 9.47 Å². The molecule has 0 saturated carbocycles. The summed E-state index contributed by atoms with van der Waals surface area (Å²) in [5, 5.41) is 0. The van der Waals surface area contributed by atoms with E-state index in [0.29, 0.717) is 18.7 Å². The van der Waals surface area contributed by atoms with Gasteiger partial charge in [-0.2, -0.15) is 0 Å². The molecule has 0 amide bonds. The number of likely N-dealkylation sites (N-methyl/N-ethyl adjacent to an activating group) is 1. The number of benzene rings is 1. The number of hydrogen-bond acceptors (Lipinski definition) is 5. The number of methoxy groups -OCH3 is 1. The highest BCUT2D eigenvalue weighted by Crippen LogP contribution is 2.08. The first kappa shape index (κ1) is 15.2. The average molecular weight is 265 g/mol. The predicted molar refractivity (Wildman–Crippen MR) is 70.7 cm³/mol. The summed E-state index contributed by atoms with van der Waals surface area (Å²) < 4.78 is 9.54. The molecule has 0 N–H and O–H groups in total. The second-order valence-electron chi connectivity index (χ2n) is 4.17. The fourth-order valence-corrected chi connectivity index (χ4v) is 1.71. The van der Waals surface area contributed by atoms with E-state index < -0.39 is 0 Å². The maximum absolute atomic E-state index is 11.4. The maximum Gasteiger partial charge on any atom is 0.337 e. The molecular formula is C14H19NO4. The summed E-state index contributed by atoms with van der Waals surface area (Å²) in [5.74, 6) is -0.621. The molecule has 0 aliphatic carbocycles. The average Bonchev–Trinajstić information content (AvgIpc) is 2.38. The third kappa shape index (κ3) is 5.09. The van der Waals surface area contributed by atoms with Gasteiger partial charge in [0.2, 0.25) is 0 Å². The number of carbonyl (C=O) groups is 2. The van der Waals surface area contributed by atoms with Gasteiger partial charge in [-0.1, -0.05) is 12.1 Å². The van der Waals surface area contributed by atoms with Crippen LogP contribution in [-0.4, -0.2) is 44.1 Å². The summed E-state index contributed by atoms with van der Waals surface area (Å²) in [5.41, 5.74) is 1.44. The Hall–Kier alpha value is -1.88. The Kier molecular flexibility index (Phi) is 6.02. The topological polar surface area (TPSA) is 55.8 Å². The zero-order valence-electron chi connectivity index (χ0n) is 11.5. The van der Waals surface area contributed by atoms with Crippen molar-refractivity contribution in [3.05, 3.63) is 35.4 Å². The molecule has 1 aromatic carbocycles. The summed E-state index contributed by atoms with van der Waals surface area (Å²) in [6.07, 6.45) is 0. The van der Waals surface area contributed by atoms with Crippen molar-refractivity contribution in [3.8, 4) is 0 Å². The summed E-state index contributed by atoms with van der Waals surface area (Å²) >= 11 is 0. The van der Waals surface area contributed by atoms with Crippen molar-refractivity contribution in [1.82, 2.24) is 4.90 Å². The molecule has 19 heavy (non-hydrogen) atoms. The molecule has 0 aromatic heterocycles. The monoisotopic (exact) mass is 265 g/mol. The molecule has 0 bridgehead atoms. The normalized spacial score (nSPS) is 10.3. The molecule has 0 spiro atoms. The van der Waals surface area contributed by atoms with Gasteiger partial charge in [0.15, 0.2) is 0 Å². The molecule has 5 heteroatoms. The highest BCUT2D eigenvalue weighted by Gasteiger charge is 2.10. The SMILES string of the molecule is CCOC(=O)CN(C)Cc1cccc(C(=O)OC)c1. The zero-order chi connectivity index (χ0) is 14.3. The Labute approximate surface area is 113 Å². The lowest BCUT2D eigenvalue weighted by Gasteiger charge is -2.15. The van der Waals surface area contributed by atoms with Gasteiger partial charge in [-0.3, -0.25) is 9.69 Å². The van der Waals surface area contributed by atoms with Crippen LogP contribution in [0.5, 0.6) is 0 Å². The molecule has 5 nitrogen and oxygen atoms in total. The van der Waals surface area contributed by atoms with E-state index in [1.807, 2.05) is 18.0 Å². The van der Waals surface area contributed by atoms with Crippen molar-refractivity contribution in [3.63, 3.8) is 0 Å². The second-order valence-corrected chi connectivity index (χ2v) is 4.17. The molecule has 1 aromatic rings. The zero-order valence-corrected chi connectivity index (χ0v) is 11.5. The Balaban J connectivity index is 2.61. The number of nitrogens with zero attached hydrogens (tertiary/aromatic N) is 1. The van der Waals surface area contributed by atoms with E-state index in [1.54, 1.807) is 25.1 Å². The molecule has 0 unspecified atom stereocenters. The quantitative estimate of drug-likeness (QED) is 0.729. The van der Waals surface area contributed by atoms with E-state index in [-0.39, 0.29) is 18.5 Å². The van der Waals surface area contributed by atoms with Gasteiger partial charge in [-0.15, -0.1) is 0 Å². The molecule has 0 aliphatic heterocycles. The fraction of sp³-hybridized carbons (Fsp3) is 0.429. The van der Waals surface area contributed by atoms with E-state index in [4.69, 9.17) is 4.74 Å². The summed E-state index contributed by atoms with van der Waals surface area (Å²) in [4.78, 5) is 24.6. The minimum Gasteiger partial charge on any atom is -0.465 e. The lowest BCUT2D eigenvalue weighted by Crippen LogP contribution is -2.27. The van der Waals surface area contributed by atoms with Crippen LogP contribution in [0, 0.1) is 0 Å². The van der Waals surface area contributed by atoms with Crippen molar-refractivity contribution in [1.29, 1.82) is 0 Å². The van der Waals surface area contributed by atoms with Gasteiger partial charge in [0.25, 0.3) is 0 Å². The molecule has 0 aliphatic rings. The van der Waals surface area contributed by atoms with E-state index in [2.05, 4.69) is 4.74 Å². The van der Waals surface area contributed by atoms with Gasteiger partial charge in [0.05, 0.1) is 25.8 Å². The third-order valence-corrected chi connectivity index (χ3v) is 2.50. The largest absolute Gasteiger partial charge is 0.465 e. The van der Waals surface area contributed by atoms with Gasteiger partial charge in [0, 0.05) is 6.54 Å². The fourth-order valence-electron chi connectivity index (χ4n) is 1.71. The maximum atomic E-state index is 11.4. The van der Waals surface area contributed by atoms with E-state index in [1.165, 1.54) is 7.11 Å². The molecular weight excluding hydrogens is 246 g/mol. The molecule has 104 valence electrons. The van der Waals surface area contributed by atoms with Crippen LogP contribution >= 0.6 is 0 Å². The molecule has 0 heterocycles. The number of esters is 2. The number of carbonyl (C=O) groups excluding carboxylic acids is 2. The van der Waals surface area contributed by atoms with Gasteiger partial charge in [-0.05, 0) is 31.7 Å². The van der Waals surface area contributed by atoms with E-state index in [9.17, 15) is 9.59 Å². The highest BCUT2D eigenvalue weighted by atomic mass is 16.5. The highest BCUT2D eigenvalue weighted by molar-refractivity contribution is 5.89. The molecule has 0 atom stereocenters. The van der Waals surface area contributed by atoms with E-state index in [0.717, 1.165) is 5.56 Å². The van der Waals surface area contributed by atoms with Gasteiger partial charge >= 0.3 is 11.9 Å². The van der Waals surface area contributed by atoms with Crippen LogP contribution in [0.4, 0.5) is 0 Å². The number of hydrogen-bond donors (Lipinski definition) is 0. The molecule has 0 saturated heterocycles. The summed E-state index contributed by atoms with van der Waals surface area (Å²) in [7, 11) is 3.17. The Morgan fingerprint density at radius 2 is 2.05 bits per heavy atom. The first-order valence-corrected chi connectivity index (χ1v) is 6.08. The van der Waals surface area contributed by atoms with Crippen molar-refractivity contribution >= 4 is 11.9 Å². The Morgan fingerprint density at radius 3 is 2.68 bits per heavy atom. The minimum absolute atomic E-state index is 0.219. The first-order chi connectivity index (χ1) is 9.06. The van der Waals surface area contributed by atoms with Crippen LogP contribution in [0.25, 0.3) is 0 Å². The summed E-state index contributed by atoms with van der Waals surface area (Å²) in [6, 6.07) is 7.14. The lowest BCUT2D eigenvalue weighted by molar-refractivity contribution is -0.144. The van der Waals surface area contributed by atoms with Crippen molar-refractivity contribution in [2.45, 2.75) is 13.5 Å².